The molecule has 0 saturated carbocycles. The predicted molar refractivity (Wildman–Crippen MR) is 75.9 cm³/mol. The summed E-state index contributed by atoms with van der Waals surface area (Å²) < 4.78 is 5.08. The molecule has 20 heavy (non-hydrogen) atoms. The second-order valence-electron chi connectivity index (χ2n) is 4.74. The second kappa shape index (κ2) is 6.37. The van der Waals surface area contributed by atoms with Crippen molar-refractivity contribution in [2.45, 2.75) is 32.4 Å². The van der Waals surface area contributed by atoms with Crippen LogP contribution in [0, 0.1) is 0 Å². The van der Waals surface area contributed by atoms with Crippen LogP contribution in [0.25, 0.3) is 0 Å². The molecule has 2 atom stereocenters. The summed E-state index contributed by atoms with van der Waals surface area (Å²) in [6, 6.07) is 8.99. The molecular weight excluding hydrogens is 254 g/mol. The lowest BCUT2D eigenvalue weighted by Crippen LogP contribution is -2.48. The monoisotopic (exact) mass is 273 g/mol. The number of benzene rings is 1. The molecule has 2 rings (SSSR count). The van der Waals surface area contributed by atoms with Crippen molar-refractivity contribution in [2.75, 3.05) is 6.61 Å². The molecule has 1 aromatic rings. The van der Waals surface area contributed by atoms with Crippen molar-refractivity contribution in [1.82, 2.24) is 4.90 Å². The molecule has 0 fully saturated rings. The first-order chi connectivity index (χ1) is 9.65. The lowest BCUT2D eigenvalue weighted by molar-refractivity contribution is -0.155. The van der Waals surface area contributed by atoms with Gasteiger partial charge in [0.05, 0.1) is 12.6 Å². The fraction of sp³-hybridized carbons (Fsp3) is 0.375. The Morgan fingerprint density at radius 2 is 2.10 bits per heavy atom. The minimum Gasteiger partial charge on any atom is -0.464 e. The zero-order chi connectivity index (χ0) is 14.5. The van der Waals surface area contributed by atoms with Crippen LogP contribution < -0.4 is 0 Å². The van der Waals surface area contributed by atoms with Gasteiger partial charge in [0.25, 0.3) is 0 Å². The normalized spacial score (nSPS) is 19.8. The molecule has 0 saturated heterocycles. The van der Waals surface area contributed by atoms with Gasteiger partial charge in [-0.2, -0.15) is 0 Å². The second-order valence-corrected chi connectivity index (χ2v) is 4.74. The van der Waals surface area contributed by atoms with Gasteiger partial charge in [-0.15, -0.1) is 0 Å². The molecule has 1 aliphatic heterocycles. The molecule has 0 N–H and O–H groups in total. The van der Waals surface area contributed by atoms with E-state index in [1.165, 1.54) is 6.08 Å². The Hall–Kier alpha value is -2.10. The number of nitrogens with zero attached hydrogens (tertiary/aromatic N) is 1. The molecule has 0 aromatic heterocycles. The third-order valence-corrected chi connectivity index (χ3v) is 3.47. The zero-order valence-electron chi connectivity index (χ0n) is 11.8. The molecule has 4 heteroatoms. The SMILES string of the molecule is CCOC(=O)[C@@H]1CC=CC(=O)N1[C@@H](C)c1ccccc1. The molecule has 106 valence electrons. The van der Waals surface area contributed by atoms with E-state index < -0.39 is 6.04 Å². The third kappa shape index (κ3) is 2.90. The van der Waals surface area contributed by atoms with Gasteiger partial charge in [0, 0.05) is 0 Å². The highest BCUT2D eigenvalue weighted by atomic mass is 16.5. The summed E-state index contributed by atoms with van der Waals surface area (Å²) in [6.07, 6.45) is 3.76. The Kier molecular flexibility index (Phi) is 4.56. The zero-order valence-corrected chi connectivity index (χ0v) is 11.8. The number of carbonyl (C=O) groups is 2. The molecule has 1 amide bonds. The van der Waals surface area contributed by atoms with Crippen molar-refractivity contribution in [3.63, 3.8) is 0 Å². The van der Waals surface area contributed by atoms with Crippen LogP contribution >= 0.6 is 0 Å². The van der Waals surface area contributed by atoms with Gasteiger partial charge in [-0.05, 0) is 31.9 Å². The average molecular weight is 273 g/mol. The van der Waals surface area contributed by atoms with E-state index in [2.05, 4.69) is 0 Å². The summed E-state index contributed by atoms with van der Waals surface area (Å²) in [5.74, 6) is -0.487. The highest BCUT2D eigenvalue weighted by Gasteiger charge is 2.35. The highest BCUT2D eigenvalue weighted by molar-refractivity contribution is 5.93. The number of hydrogen-bond acceptors (Lipinski definition) is 3. The van der Waals surface area contributed by atoms with Crippen LogP contribution in [0.1, 0.15) is 31.9 Å². The van der Waals surface area contributed by atoms with E-state index in [4.69, 9.17) is 4.74 Å². The van der Waals surface area contributed by atoms with Gasteiger partial charge in [-0.3, -0.25) is 4.79 Å². The van der Waals surface area contributed by atoms with Gasteiger partial charge in [-0.1, -0.05) is 36.4 Å². The van der Waals surface area contributed by atoms with Gasteiger partial charge in [0.1, 0.15) is 6.04 Å². The van der Waals surface area contributed by atoms with Gasteiger partial charge < -0.3 is 9.64 Å². The van der Waals surface area contributed by atoms with Crippen LogP contribution in [0.2, 0.25) is 0 Å². The minimum atomic E-state index is -0.539. The lowest BCUT2D eigenvalue weighted by Gasteiger charge is -2.36. The average Bonchev–Trinajstić information content (AvgIpc) is 2.47. The minimum absolute atomic E-state index is 0.148. The quantitative estimate of drug-likeness (QED) is 0.792. The van der Waals surface area contributed by atoms with Crippen LogP contribution in [0.3, 0.4) is 0 Å². The standard InChI is InChI=1S/C16H19NO3/c1-3-20-16(19)14-10-7-11-15(18)17(14)12(2)13-8-5-4-6-9-13/h4-9,11-12,14H,3,10H2,1-2H3/t12-,14-/m0/s1. The molecule has 0 aliphatic carbocycles. The molecule has 0 spiro atoms. The van der Waals surface area contributed by atoms with Gasteiger partial charge >= 0.3 is 5.97 Å². The Bertz CT molecular complexity index is 510. The number of ether oxygens (including phenoxy) is 1. The summed E-state index contributed by atoms with van der Waals surface area (Å²) in [5.41, 5.74) is 1.01. The topological polar surface area (TPSA) is 46.6 Å². The van der Waals surface area contributed by atoms with Crippen molar-refractivity contribution in [3.8, 4) is 0 Å². The number of hydrogen-bond donors (Lipinski definition) is 0. The summed E-state index contributed by atoms with van der Waals surface area (Å²) in [7, 11) is 0. The Morgan fingerprint density at radius 1 is 1.40 bits per heavy atom. The molecule has 1 heterocycles. The summed E-state index contributed by atoms with van der Waals surface area (Å²) in [6.45, 7) is 4.02. The van der Waals surface area contributed by atoms with Crippen LogP contribution in [0.15, 0.2) is 42.5 Å². The fourth-order valence-corrected chi connectivity index (χ4v) is 2.45. The van der Waals surface area contributed by atoms with Crippen LogP contribution in [-0.2, 0) is 14.3 Å². The molecule has 4 nitrogen and oxygen atoms in total. The van der Waals surface area contributed by atoms with Crippen molar-refractivity contribution in [1.29, 1.82) is 0 Å². The first kappa shape index (κ1) is 14.3. The maximum Gasteiger partial charge on any atom is 0.329 e. The van der Waals surface area contributed by atoms with Gasteiger partial charge in [0.2, 0.25) is 5.91 Å². The number of carbonyl (C=O) groups excluding carboxylic acids is 2. The lowest BCUT2D eigenvalue weighted by atomic mass is 10.0. The van der Waals surface area contributed by atoms with Gasteiger partial charge in [0.15, 0.2) is 0 Å². The van der Waals surface area contributed by atoms with Crippen LogP contribution in [0.5, 0.6) is 0 Å². The Balaban J connectivity index is 2.27. The largest absolute Gasteiger partial charge is 0.464 e. The number of rotatable bonds is 4. The smallest absolute Gasteiger partial charge is 0.329 e. The van der Waals surface area contributed by atoms with Crippen LogP contribution in [-0.4, -0.2) is 29.4 Å². The fourth-order valence-electron chi connectivity index (χ4n) is 2.45. The van der Waals surface area contributed by atoms with E-state index in [0.29, 0.717) is 13.0 Å². The Labute approximate surface area is 119 Å². The van der Waals surface area contributed by atoms with E-state index >= 15 is 0 Å². The molecule has 0 unspecified atom stereocenters. The van der Waals surface area contributed by atoms with Crippen molar-refractivity contribution in [2.24, 2.45) is 0 Å². The third-order valence-electron chi connectivity index (χ3n) is 3.47. The van der Waals surface area contributed by atoms with E-state index in [0.717, 1.165) is 5.56 Å². The maximum absolute atomic E-state index is 12.2. The first-order valence-electron chi connectivity index (χ1n) is 6.85. The predicted octanol–water partition coefficient (Wildman–Crippen LogP) is 2.47. The molecular formula is C16H19NO3. The Morgan fingerprint density at radius 3 is 2.75 bits per heavy atom. The maximum atomic E-state index is 12.2. The van der Waals surface area contributed by atoms with Crippen molar-refractivity contribution < 1.29 is 14.3 Å². The molecule has 1 aromatic carbocycles. The van der Waals surface area contributed by atoms with E-state index in [1.54, 1.807) is 17.9 Å². The highest BCUT2D eigenvalue weighted by Crippen LogP contribution is 2.27. The number of amides is 1. The number of esters is 1. The molecule has 0 bridgehead atoms. The van der Waals surface area contributed by atoms with Gasteiger partial charge in [-0.25, -0.2) is 4.79 Å². The van der Waals surface area contributed by atoms with E-state index in [-0.39, 0.29) is 17.9 Å². The van der Waals surface area contributed by atoms with E-state index in [9.17, 15) is 9.59 Å². The summed E-state index contributed by atoms with van der Waals surface area (Å²) >= 11 is 0. The molecule has 0 radical (unpaired) electrons. The first-order valence-corrected chi connectivity index (χ1v) is 6.85. The summed E-state index contributed by atoms with van der Waals surface area (Å²) in [5, 5.41) is 0. The summed E-state index contributed by atoms with van der Waals surface area (Å²) in [4.78, 5) is 25.8. The molecule has 1 aliphatic rings. The van der Waals surface area contributed by atoms with E-state index in [1.807, 2.05) is 37.3 Å². The van der Waals surface area contributed by atoms with Crippen LogP contribution in [0.4, 0.5) is 0 Å². The van der Waals surface area contributed by atoms with Crippen molar-refractivity contribution >= 4 is 11.9 Å². The van der Waals surface area contributed by atoms with Crippen molar-refractivity contribution in [3.05, 3.63) is 48.0 Å².